The van der Waals surface area contributed by atoms with Gasteiger partial charge in [0.1, 0.15) is 5.76 Å². The van der Waals surface area contributed by atoms with Crippen LogP contribution in [0.3, 0.4) is 0 Å². The van der Waals surface area contributed by atoms with Crippen LogP contribution in [0.15, 0.2) is 16.5 Å². The van der Waals surface area contributed by atoms with Gasteiger partial charge in [-0.15, -0.1) is 0 Å². The second-order valence-electron chi connectivity index (χ2n) is 6.35. The van der Waals surface area contributed by atoms with Gasteiger partial charge in [-0.3, -0.25) is 14.5 Å². The first-order chi connectivity index (χ1) is 11.5. The summed E-state index contributed by atoms with van der Waals surface area (Å²) in [6.07, 6.45) is 1.34. The highest BCUT2D eigenvalue weighted by Crippen LogP contribution is 2.11. The molecular weight excluding hydrogens is 308 g/mol. The fraction of sp³-hybridized carbons (Fsp3) is 0.647. The Labute approximate surface area is 143 Å². The molecule has 24 heavy (non-hydrogen) atoms. The van der Waals surface area contributed by atoms with Crippen molar-refractivity contribution >= 4 is 11.8 Å². The summed E-state index contributed by atoms with van der Waals surface area (Å²) < 4.78 is 5.38. The molecule has 0 bridgehead atoms. The Hall–Kier alpha value is -1.86. The van der Waals surface area contributed by atoms with Gasteiger partial charge < -0.3 is 20.0 Å². The highest BCUT2D eigenvalue weighted by molar-refractivity contribution is 5.91. The minimum atomic E-state index is -0.270. The molecule has 0 unspecified atom stereocenters. The van der Waals surface area contributed by atoms with Crippen LogP contribution >= 0.6 is 0 Å². The minimum Gasteiger partial charge on any atom is -0.454 e. The number of hydrogen-bond donors (Lipinski definition) is 2. The van der Waals surface area contributed by atoms with E-state index >= 15 is 0 Å². The van der Waals surface area contributed by atoms with E-state index in [1.54, 1.807) is 19.2 Å². The van der Waals surface area contributed by atoms with E-state index in [-0.39, 0.29) is 17.6 Å². The summed E-state index contributed by atoms with van der Waals surface area (Å²) in [5, 5.41) is 5.34. The molecule has 1 aromatic rings. The van der Waals surface area contributed by atoms with Crippen molar-refractivity contribution in [3.8, 4) is 0 Å². The van der Waals surface area contributed by atoms with Gasteiger partial charge in [-0.1, -0.05) is 0 Å². The zero-order valence-electron chi connectivity index (χ0n) is 14.8. The van der Waals surface area contributed by atoms with Crippen molar-refractivity contribution < 1.29 is 14.0 Å². The Bertz CT molecular complexity index is 550. The molecule has 1 aliphatic rings. The van der Waals surface area contributed by atoms with Crippen LogP contribution in [0.25, 0.3) is 0 Å². The van der Waals surface area contributed by atoms with Crippen molar-refractivity contribution in [1.82, 2.24) is 20.4 Å². The normalized spacial score (nSPS) is 17.5. The highest BCUT2D eigenvalue weighted by atomic mass is 16.4. The van der Waals surface area contributed by atoms with Gasteiger partial charge in [-0.05, 0) is 32.5 Å². The summed E-state index contributed by atoms with van der Waals surface area (Å²) in [6, 6.07) is 3.72. The van der Waals surface area contributed by atoms with Crippen LogP contribution in [-0.4, -0.2) is 67.9 Å². The number of amides is 2. The summed E-state index contributed by atoms with van der Waals surface area (Å²) in [6.45, 7) is 6.78. The molecule has 7 heteroatoms. The molecule has 2 heterocycles. The Kier molecular flexibility index (Phi) is 6.81. The molecule has 0 aromatic carbocycles. The second-order valence-corrected chi connectivity index (χ2v) is 6.35. The van der Waals surface area contributed by atoms with E-state index in [1.165, 1.54) is 0 Å². The second kappa shape index (κ2) is 8.84. The van der Waals surface area contributed by atoms with Gasteiger partial charge in [0.2, 0.25) is 5.91 Å². The lowest BCUT2D eigenvalue weighted by molar-refractivity contribution is -0.121. The van der Waals surface area contributed by atoms with Crippen LogP contribution in [0.4, 0.5) is 0 Å². The maximum atomic E-state index is 12.0. The van der Waals surface area contributed by atoms with Crippen LogP contribution < -0.4 is 10.6 Å². The maximum absolute atomic E-state index is 12.0. The third kappa shape index (κ3) is 5.35. The zero-order valence-corrected chi connectivity index (χ0v) is 14.8. The minimum absolute atomic E-state index is 0.00821. The molecule has 2 amide bonds. The Morgan fingerprint density at radius 2 is 1.96 bits per heavy atom. The van der Waals surface area contributed by atoms with Crippen LogP contribution in [0, 0.1) is 0 Å². The standard InChI is InChI=1S/C17H28N4O3/c1-13(21-10-8-20(3)9-11-21)4-7-16(22)19-12-14-5-6-15(24-14)17(23)18-2/h5-6,13H,4,7-12H2,1-3H3,(H,18,23)(H,19,22)/t13-/m0/s1. The van der Waals surface area contributed by atoms with E-state index in [9.17, 15) is 9.59 Å². The molecule has 1 fully saturated rings. The van der Waals surface area contributed by atoms with Gasteiger partial charge in [-0.2, -0.15) is 0 Å². The molecule has 0 aliphatic carbocycles. The molecule has 134 valence electrons. The summed E-state index contributed by atoms with van der Waals surface area (Å²) in [5.41, 5.74) is 0. The molecule has 7 nitrogen and oxygen atoms in total. The summed E-state index contributed by atoms with van der Waals surface area (Å²) in [5.74, 6) is 0.571. The predicted octanol–water partition coefficient (Wildman–Crippen LogP) is 0.672. The number of furan rings is 1. The number of carbonyl (C=O) groups is 2. The Morgan fingerprint density at radius 3 is 2.62 bits per heavy atom. The summed E-state index contributed by atoms with van der Waals surface area (Å²) >= 11 is 0. The fourth-order valence-electron chi connectivity index (χ4n) is 2.78. The zero-order chi connectivity index (χ0) is 17.5. The van der Waals surface area contributed by atoms with E-state index in [0.717, 1.165) is 32.6 Å². The lowest BCUT2D eigenvalue weighted by atomic mass is 10.1. The van der Waals surface area contributed by atoms with Crippen LogP contribution in [-0.2, 0) is 11.3 Å². The van der Waals surface area contributed by atoms with Crippen molar-refractivity contribution in [2.45, 2.75) is 32.4 Å². The monoisotopic (exact) mass is 336 g/mol. The first-order valence-electron chi connectivity index (χ1n) is 8.49. The van der Waals surface area contributed by atoms with Gasteiger partial charge in [0, 0.05) is 45.7 Å². The molecular formula is C17H28N4O3. The first kappa shape index (κ1) is 18.5. The third-order valence-electron chi connectivity index (χ3n) is 4.52. The molecule has 1 aliphatic heterocycles. The summed E-state index contributed by atoms with van der Waals surface area (Å²) in [4.78, 5) is 28.2. The van der Waals surface area contributed by atoms with Crippen molar-refractivity contribution in [1.29, 1.82) is 0 Å². The quantitative estimate of drug-likeness (QED) is 0.765. The predicted molar refractivity (Wildman–Crippen MR) is 91.7 cm³/mol. The van der Waals surface area contributed by atoms with Gasteiger partial charge in [0.25, 0.3) is 5.91 Å². The van der Waals surface area contributed by atoms with Crippen LogP contribution in [0.5, 0.6) is 0 Å². The molecule has 2 rings (SSSR count). The van der Waals surface area contributed by atoms with E-state index in [2.05, 4.69) is 34.4 Å². The molecule has 0 saturated carbocycles. The Morgan fingerprint density at radius 1 is 1.25 bits per heavy atom. The number of nitrogens with zero attached hydrogens (tertiary/aromatic N) is 2. The third-order valence-corrected chi connectivity index (χ3v) is 4.52. The first-order valence-corrected chi connectivity index (χ1v) is 8.49. The van der Waals surface area contributed by atoms with Gasteiger partial charge >= 0.3 is 0 Å². The number of hydrogen-bond acceptors (Lipinski definition) is 5. The lowest BCUT2D eigenvalue weighted by Crippen LogP contribution is -2.48. The number of piperazine rings is 1. The van der Waals surface area contributed by atoms with Gasteiger partial charge in [-0.25, -0.2) is 0 Å². The van der Waals surface area contributed by atoms with Crippen LogP contribution in [0.2, 0.25) is 0 Å². The van der Waals surface area contributed by atoms with Crippen molar-refractivity contribution in [2.24, 2.45) is 0 Å². The lowest BCUT2D eigenvalue weighted by Gasteiger charge is -2.36. The molecule has 2 N–H and O–H groups in total. The number of likely N-dealkylation sites (N-methyl/N-ethyl adjacent to an activating group) is 1. The maximum Gasteiger partial charge on any atom is 0.286 e. The molecule has 0 spiro atoms. The van der Waals surface area contributed by atoms with E-state index in [4.69, 9.17) is 4.42 Å². The van der Waals surface area contributed by atoms with E-state index in [1.807, 2.05) is 0 Å². The smallest absolute Gasteiger partial charge is 0.286 e. The van der Waals surface area contributed by atoms with Gasteiger partial charge in [0.15, 0.2) is 5.76 Å². The SMILES string of the molecule is CNC(=O)c1ccc(CNC(=O)CC[C@H](C)N2CCN(C)CC2)o1. The Balaban J connectivity index is 1.68. The largest absolute Gasteiger partial charge is 0.454 e. The number of rotatable bonds is 7. The average Bonchev–Trinajstić information content (AvgIpc) is 3.06. The number of nitrogens with one attached hydrogen (secondary N) is 2. The van der Waals surface area contributed by atoms with E-state index in [0.29, 0.717) is 24.8 Å². The molecule has 1 aromatic heterocycles. The summed E-state index contributed by atoms with van der Waals surface area (Å²) in [7, 11) is 3.69. The highest BCUT2D eigenvalue weighted by Gasteiger charge is 2.19. The number of carbonyl (C=O) groups excluding carboxylic acids is 2. The van der Waals surface area contributed by atoms with Crippen LogP contribution in [0.1, 0.15) is 36.1 Å². The fourth-order valence-corrected chi connectivity index (χ4v) is 2.78. The molecule has 1 atom stereocenters. The molecule has 1 saturated heterocycles. The van der Waals surface area contributed by atoms with Gasteiger partial charge in [0.05, 0.1) is 6.54 Å². The van der Waals surface area contributed by atoms with Crippen molar-refractivity contribution in [2.75, 3.05) is 40.3 Å². The van der Waals surface area contributed by atoms with Crippen molar-refractivity contribution in [3.63, 3.8) is 0 Å². The average molecular weight is 336 g/mol. The topological polar surface area (TPSA) is 77.8 Å². The van der Waals surface area contributed by atoms with Crippen molar-refractivity contribution in [3.05, 3.63) is 23.7 Å². The van der Waals surface area contributed by atoms with E-state index < -0.39 is 0 Å². The molecule has 0 radical (unpaired) electrons.